The lowest BCUT2D eigenvalue weighted by Gasteiger charge is -2.04. The van der Waals surface area contributed by atoms with Crippen molar-refractivity contribution in [2.45, 2.75) is 20.4 Å². The van der Waals surface area contributed by atoms with Crippen LogP contribution in [-0.4, -0.2) is 18.5 Å². The van der Waals surface area contributed by atoms with Gasteiger partial charge in [-0.1, -0.05) is 11.6 Å². The van der Waals surface area contributed by atoms with Crippen molar-refractivity contribution < 1.29 is 23.2 Å². The first kappa shape index (κ1) is 15.9. The number of hydrogen-bond acceptors (Lipinski definition) is 5. The van der Waals surface area contributed by atoms with Crippen LogP contribution in [-0.2, 0) is 16.1 Å². The molecule has 6 heteroatoms. The van der Waals surface area contributed by atoms with E-state index in [1.165, 1.54) is 6.26 Å². The first-order valence-corrected chi connectivity index (χ1v) is 7.50. The molecule has 0 unspecified atom stereocenters. The van der Waals surface area contributed by atoms with Crippen LogP contribution in [0.4, 0.5) is 0 Å². The zero-order chi connectivity index (χ0) is 17.1. The van der Waals surface area contributed by atoms with Gasteiger partial charge in [-0.15, -0.1) is 0 Å². The van der Waals surface area contributed by atoms with Crippen molar-refractivity contribution >= 4 is 22.8 Å². The molecule has 0 spiro atoms. The summed E-state index contributed by atoms with van der Waals surface area (Å²) in [6, 6.07) is 9.13. The van der Waals surface area contributed by atoms with Gasteiger partial charge in [0.25, 0.3) is 5.91 Å². The minimum absolute atomic E-state index is 0.120. The van der Waals surface area contributed by atoms with E-state index in [0.717, 1.165) is 10.9 Å². The van der Waals surface area contributed by atoms with E-state index in [9.17, 15) is 9.59 Å². The average Bonchev–Trinajstić information content (AvgIpc) is 3.19. The molecule has 24 heavy (non-hydrogen) atoms. The van der Waals surface area contributed by atoms with Crippen LogP contribution in [0.15, 0.2) is 45.4 Å². The number of benzene rings is 1. The molecule has 3 aromatic rings. The molecular formula is C18H17NO5. The summed E-state index contributed by atoms with van der Waals surface area (Å²) in [5, 5.41) is 3.47. The van der Waals surface area contributed by atoms with Crippen LogP contribution < -0.4 is 5.32 Å². The molecule has 0 radical (unpaired) electrons. The number of aryl methyl sites for hydroxylation is 2. The Morgan fingerprint density at radius 1 is 1.21 bits per heavy atom. The van der Waals surface area contributed by atoms with Gasteiger partial charge in [0, 0.05) is 10.9 Å². The van der Waals surface area contributed by atoms with Crippen molar-refractivity contribution in [1.29, 1.82) is 0 Å². The van der Waals surface area contributed by atoms with Crippen molar-refractivity contribution in [3.63, 3.8) is 0 Å². The van der Waals surface area contributed by atoms with E-state index in [1.807, 2.05) is 25.1 Å². The molecule has 0 bridgehead atoms. The molecule has 0 atom stereocenters. The molecule has 1 amide bonds. The Bertz CT molecular complexity index is 876. The van der Waals surface area contributed by atoms with E-state index in [0.29, 0.717) is 16.9 Å². The molecule has 0 aliphatic carbocycles. The van der Waals surface area contributed by atoms with Gasteiger partial charge in [-0.3, -0.25) is 4.79 Å². The molecule has 2 aromatic heterocycles. The average molecular weight is 327 g/mol. The van der Waals surface area contributed by atoms with Gasteiger partial charge in [-0.05, 0) is 38.1 Å². The second-order valence-electron chi connectivity index (χ2n) is 5.49. The van der Waals surface area contributed by atoms with E-state index >= 15 is 0 Å². The Balaban J connectivity index is 1.60. The van der Waals surface area contributed by atoms with Crippen LogP contribution in [0.5, 0.6) is 0 Å². The highest BCUT2D eigenvalue weighted by Gasteiger charge is 2.20. The number of nitrogens with one attached hydrogen (secondary N) is 1. The molecule has 2 heterocycles. The van der Waals surface area contributed by atoms with Crippen LogP contribution >= 0.6 is 0 Å². The second kappa shape index (κ2) is 6.62. The van der Waals surface area contributed by atoms with Gasteiger partial charge in [0.1, 0.15) is 11.3 Å². The van der Waals surface area contributed by atoms with Gasteiger partial charge in [-0.2, -0.15) is 0 Å². The highest BCUT2D eigenvalue weighted by molar-refractivity contribution is 5.96. The fourth-order valence-electron chi connectivity index (χ4n) is 2.38. The topological polar surface area (TPSA) is 81.7 Å². The van der Waals surface area contributed by atoms with Gasteiger partial charge in [-0.25, -0.2) is 4.79 Å². The molecule has 0 aliphatic rings. The fourth-order valence-corrected chi connectivity index (χ4v) is 2.38. The normalized spacial score (nSPS) is 10.8. The molecule has 1 aromatic carbocycles. The minimum Gasteiger partial charge on any atom is -0.467 e. The third-order valence-electron chi connectivity index (χ3n) is 3.65. The van der Waals surface area contributed by atoms with E-state index in [4.69, 9.17) is 13.6 Å². The third-order valence-corrected chi connectivity index (χ3v) is 3.65. The zero-order valence-corrected chi connectivity index (χ0v) is 13.4. The van der Waals surface area contributed by atoms with Crippen molar-refractivity contribution in [3.8, 4) is 0 Å². The number of hydrogen-bond donors (Lipinski definition) is 1. The Morgan fingerprint density at radius 2 is 2.04 bits per heavy atom. The van der Waals surface area contributed by atoms with Gasteiger partial charge >= 0.3 is 5.97 Å². The quantitative estimate of drug-likeness (QED) is 0.728. The molecular weight excluding hydrogens is 310 g/mol. The molecule has 0 saturated heterocycles. The summed E-state index contributed by atoms with van der Waals surface area (Å²) >= 11 is 0. The van der Waals surface area contributed by atoms with Crippen LogP contribution in [0.25, 0.3) is 11.0 Å². The molecule has 0 saturated carbocycles. The Kier molecular flexibility index (Phi) is 4.37. The van der Waals surface area contributed by atoms with Crippen molar-refractivity contribution in [1.82, 2.24) is 5.32 Å². The lowest BCUT2D eigenvalue weighted by Crippen LogP contribution is -2.28. The number of amides is 1. The van der Waals surface area contributed by atoms with Crippen LogP contribution in [0, 0.1) is 13.8 Å². The second-order valence-corrected chi connectivity index (χ2v) is 5.49. The smallest absolute Gasteiger partial charge is 0.375 e. The SMILES string of the molecule is Cc1ccc2oc(C(=O)OCC(=O)NCc3ccco3)c(C)c2c1. The van der Waals surface area contributed by atoms with Crippen LogP contribution in [0.2, 0.25) is 0 Å². The summed E-state index contributed by atoms with van der Waals surface area (Å²) in [5.41, 5.74) is 2.39. The summed E-state index contributed by atoms with van der Waals surface area (Å²) < 4.78 is 15.7. The predicted octanol–water partition coefficient (Wildman–Crippen LogP) is 3.12. The van der Waals surface area contributed by atoms with E-state index in [-0.39, 0.29) is 18.9 Å². The van der Waals surface area contributed by atoms with Crippen molar-refractivity contribution in [2.75, 3.05) is 6.61 Å². The molecule has 124 valence electrons. The largest absolute Gasteiger partial charge is 0.467 e. The summed E-state index contributed by atoms with van der Waals surface area (Å²) in [7, 11) is 0. The molecule has 6 nitrogen and oxygen atoms in total. The monoisotopic (exact) mass is 327 g/mol. The Labute approximate surface area is 138 Å². The molecule has 3 rings (SSSR count). The summed E-state index contributed by atoms with van der Waals surface area (Å²) in [6.07, 6.45) is 1.52. The maximum Gasteiger partial charge on any atom is 0.375 e. The van der Waals surface area contributed by atoms with Crippen LogP contribution in [0.3, 0.4) is 0 Å². The van der Waals surface area contributed by atoms with Gasteiger partial charge in [0.05, 0.1) is 12.8 Å². The van der Waals surface area contributed by atoms with Crippen molar-refractivity contribution in [2.24, 2.45) is 0 Å². The van der Waals surface area contributed by atoms with E-state index < -0.39 is 11.9 Å². The lowest BCUT2D eigenvalue weighted by atomic mass is 10.1. The number of ether oxygens (including phenoxy) is 1. The number of rotatable bonds is 5. The number of carbonyl (C=O) groups excluding carboxylic acids is 2. The molecule has 0 aliphatic heterocycles. The maximum absolute atomic E-state index is 12.1. The summed E-state index contributed by atoms with van der Waals surface area (Å²) in [4.78, 5) is 23.9. The standard InChI is InChI=1S/C18H17NO5/c1-11-5-6-15-14(8-11)12(2)17(24-15)18(21)23-10-16(20)19-9-13-4-3-7-22-13/h3-8H,9-10H2,1-2H3,(H,19,20). The number of fused-ring (bicyclic) bond motifs is 1. The number of carbonyl (C=O) groups is 2. The predicted molar refractivity (Wildman–Crippen MR) is 86.5 cm³/mol. The summed E-state index contributed by atoms with van der Waals surface area (Å²) in [5.74, 6) is -0.327. The highest BCUT2D eigenvalue weighted by Crippen LogP contribution is 2.26. The summed E-state index contributed by atoms with van der Waals surface area (Å²) in [6.45, 7) is 3.62. The lowest BCUT2D eigenvalue weighted by molar-refractivity contribution is -0.124. The molecule has 0 fully saturated rings. The molecule has 1 N–H and O–H groups in total. The van der Waals surface area contributed by atoms with E-state index in [1.54, 1.807) is 19.1 Å². The minimum atomic E-state index is -0.658. The van der Waals surface area contributed by atoms with Gasteiger partial charge < -0.3 is 18.9 Å². The highest BCUT2D eigenvalue weighted by atomic mass is 16.5. The Hall–Kier alpha value is -3.02. The first-order chi connectivity index (χ1) is 11.5. The van der Waals surface area contributed by atoms with Gasteiger partial charge in [0.15, 0.2) is 6.61 Å². The van der Waals surface area contributed by atoms with Crippen LogP contribution in [0.1, 0.15) is 27.4 Å². The van der Waals surface area contributed by atoms with E-state index in [2.05, 4.69) is 5.32 Å². The van der Waals surface area contributed by atoms with Gasteiger partial charge in [0.2, 0.25) is 5.76 Å². The number of esters is 1. The fraction of sp³-hybridized carbons (Fsp3) is 0.222. The third kappa shape index (κ3) is 3.32. The first-order valence-electron chi connectivity index (χ1n) is 7.50. The number of furan rings is 2. The Morgan fingerprint density at radius 3 is 2.79 bits per heavy atom. The maximum atomic E-state index is 12.1. The zero-order valence-electron chi connectivity index (χ0n) is 13.4. The van der Waals surface area contributed by atoms with Crippen molar-refractivity contribution in [3.05, 3.63) is 59.2 Å².